The Balaban J connectivity index is 1.70. The SMILES string of the molecule is COC(=O)c1cc(C(=O)O)ccc1N1CCC(C(=O)Cc2ccccc2F)CC1. The zero-order chi connectivity index (χ0) is 21.0. The van der Waals surface area contributed by atoms with E-state index in [2.05, 4.69) is 0 Å². The average Bonchev–Trinajstić information content (AvgIpc) is 2.74. The van der Waals surface area contributed by atoms with Gasteiger partial charge in [-0.25, -0.2) is 14.0 Å². The molecule has 29 heavy (non-hydrogen) atoms. The molecule has 0 spiro atoms. The van der Waals surface area contributed by atoms with Crippen LogP contribution in [0.1, 0.15) is 39.1 Å². The van der Waals surface area contributed by atoms with Gasteiger partial charge >= 0.3 is 11.9 Å². The Labute approximate surface area is 167 Å². The van der Waals surface area contributed by atoms with Gasteiger partial charge in [-0.3, -0.25) is 4.79 Å². The highest BCUT2D eigenvalue weighted by molar-refractivity contribution is 5.99. The maximum absolute atomic E-state index is 13.8. The number of piperidine rings is 1. The minimum Gasteiger partial charge on any atom is -0.478 e. The van der Waals surface area contributed by atoms with E-state index in [-0.39, 0.29) is 35.1 Å². The van der Waals surface area contributed by atoms with E-state index in [1.807, 2.05) is 4.90 Å². The van der Waals surface area contributed by atoms with Gasteiger partial charge in [-0.1, -0.05) is 18.2 Å². The molecule has 0 aliphatic carbocycles. The molecule has 0 saturated carbocycles. The van der Waals surface area contributed by atoms with Gasteiger partial charge in [0.2, 0.25) is 0 Å². The van der Waals surface area contributed by atoms with Crippen LogP contribution in [0.5, 0.6) is 0 Å². The van der Waals surface area contributed by atoms with E-state index in [0.717, 1.165) is 0 Å². The van der Waals surface area contributed by atoms with Crippen LogP contribution in [-0.4, -0.2) is 43.0 Å². The quantitative estimate of drug-likeness (QED) is 0.750. The maximum atomic E-state index is 13.8. The first-order valence-electron chi connectivity index (χ1n) is 9.37. The number of carboxylic acids is 1. The van der Waals surface area contributed by atoms with Gasteiger partial charge in [0.05, 0.1) is 23.9 Å². The molecule has 1 aliphatic heterocycles. The van der Waals surface area contributed by atoms with Crippen LogP contribution in [0.15, 0.2) is 42.5 Å². The molecule has 1 N–H and O–H groups in total. The van der Waals surface area contributed by atoms with E-state index in [1.165, 1.54) is 25.3 Å². The predicted molar refractivity (Wildman–Crippen MR) is 105 cm³/mol. The fourth-order valence-electron chi connectivity index (χ4n) is 3.63. The summed E-state index contributed by atoms with van der Waals surface area (Å²) in [5.41, 5.74) is 1.17. The molecule has 1 saturated heterocycles. The molecule has 6 nitrogen and oxygen atoms in total. The lowest BCUT2D eigenvalue weighted by atomic mass is 9.88. The van der Waals surface area contributed by atoms with Crippen molar-refractivity contribution in [1.82, 2.24) is 0 Å². The molecule has 0 radical (unpaired) electrons. The van der Waals surface area contributed by atoms with Gasteiger partial charge in [0.1, 0.15) is 11.6 Å². The number of esters is 1. The molecular formula is C22H22FNO5. The minimum atomic E-state index is -1.13. The number of benzene rings is 2. The van der Waals surface area contributed by atoms with Crippen molar-refractivity contribution in [2.45, 2.75) is 19.3 Å². The summed E-state index contributed by atoms with van der Waals surface area (Å²) >= 11 is 0. The van der Waals surface area contributed by atoms with Gasteiger partial charge in [-0.2, -0.15) is 0 Å². The Bertz CT molecular complexity index is 935. The zero-order valence-electron chi connectivity index (χ0n) is 16.1. The molecular weight excluding hydrogens is 377 g/mol. The number of methoxy groups -OCH3 is 1. The summed E-state index contributed by atoms with van der Waals surface area (Å²) in [6.45, 7) is 1.06. The van der Waals surface area contributed by atoms with Crippen LogP contribution in [0.4, 0.5) is 10.1 Å². The number of aromatic carboxylic acids is 1. The van der Waals surface area contributed by atoms with E-state index < -0.39 is 11.9 Å². The van der Waals surface area contributed by atoms with Crippen molar-refractivity contribution in [2.75, 3.05) is 25.1 Å². The van der Waals surface area contributed by atoms with Gasteiger partial charge < -0.3 is 14.7 Å². The highest BCUT2D eigenvalue weighted by atomic mass is 19.1. The summed E-state index contributed by atoms with van der Waals surface area (Å²) in [5, 5.41) is 9.17. The third-order valence-corrected chi connectivity index (χ3v) is 5.26. The third-order valence-electron chi connectivity index (χ3n) is 5.26. The number of halogens is 1. The Morgan fingerprint density at radius 1 is 1.14 bits per heavy atom. The third kappa shape index (κ3) is 4.62. The lowest BCUT2D eigenvalue weighted by molar-refractivity contribution is -0.122. The Morgan fingerprint density at radius 2 is 1.83 bits per heavy atom. The number of carbonyl (C=O) groups excluding carboxylic acids is 2. The number of carboxylic acid groups (broad SMARTS) is 1. The summed E-state index contributed by atoms with van der Waals surface area (Å²) < 4.78 is 18.6. The molecule has 152 valence electrons. The lowest BCUT2D eigenvalue weighted by Gasteiger charge is -2.34. The Hall–Kier alpha value is -3.22. The first-order chi connectivity index (χ1) is 13.9. The van der Waals surface area contributed by atoms with Crippen molar-refractivity contribution in [3.05, 3.63) is 65.0 Å². The molecule has 3 rings (SSSR count). The van der Waals surface area contributed by atoms with Crippen molar-refractivity contribution >= 4 is 23.4 Å². The van der Waals surface area contributed by atoms with Crippen molar-refractivity contribution in [1.29, 1.82) is 0 Å². The number of hydrogen-bond acceptors (Lipinski definition) is 5. The van der Waals surface area contributed by atoms with Gasteiger partial charge in [0.25, 0.3) is 0 Å². The second-order valence-electron chi connectivity index (χ2n) is 7.02. The summed E-state index contributed by atoms with van der Waals surface area (Å²) in [6.07, 6.45) is 1.22. The highest BCUT2D eigenvalue weighted by Crippen LogP contribution is 2.29. The average molecular weight is 399 g/mol. The molecule has 1 heterocycles. The molecule has 0 unspecified atom stereocenters. The molecule has 1 fully saturated rings. The van der Waals surface area contributed by atoms with Gasteiger partial charge in [-0.05, 0) is 42.7 Å². The standard InChI is InChI=1S/C22H22FNO5/c1-29-22(28)17-12-16(21(26)27)6-7-19(17)24-10-8-14(9-11-24)20(25)13-15-4-2-3-5-18(15)23/h2-7,12,14H,8-11,13H2,1H3,(H,26,27). The predicted octanol–water partition coefficient (Wildman–Crippen LogP) is 3.34. The largest absolute Gasteiger partial charge is 0.478 e. The van der Waals surface area contributed by atoms with Crippen LogP contribution in [-0.2, 0) is 16.0 Å². The fraction of sp³-hybridized carbons (Fsp3) is 0.318. The maximum Gasteiger partial charge on any atom is 0.339 e. The summed E-state index contributed by atoms with van der Waals surface area (Å²) in [4.78, 5) is 37.9. The normalized spacial score (nSPS) is 14.5. The number of Topliss-reactive ketones (excluding diaryl/α,β-unsaturated/α-hetero) is 1. The number of rotatable bonds is 6. The second-order valence-corrected chi connectivity index (χ2v) is 7.02. The van der Waals surface area contributed by atoms with Crippen LogP contribution in [0.3, 0.4) is 0 Å². The van der Waals surface area contributed by atoms with Gasteiger partial charge in [0.15, 0.2) is 0 Å². The van der Waals surface area contributed by atoms with Crippen molar-refractivity contribution < 1.29 is 28.6 Å². The van der Waals surface area contributed by atoms with E-state index in [4.69, 9.17) is 4.74 Å². The van der Waals surface area contributed by atoms with E-state index >= 15 is 0 Å². The van der Waals surface area contributed by atoms with E-state index in [9.17, 15) is 23.9 Å². The Kier molecular flexibility index (Phi) is 6.26. The zero-order valence-corrected chi connectivity index (χ0v) is 16.1. The highest BCUT2D eigenvalue weighted by Gasteiger charge is 2.28. The van der Waals surface area contributed by atoms with Crippen LogP contribution in [0, 0.1) is 11.7 Å². The number of anilines is 1. The number of hydrogen-bond donors (Lipinski definition) is 1. The van der Waals surface area contributed by atoms with Crippen molar-refractivity contribution in [2.24, 2.45) is 5.92 Å². The van der Waals surface area contributed by atoms with Gasteiger partial charge in [-0.15, -0.1) is 0 Å². The van der Waals surface area contributed by atoms with E-state index in [0.29, 0.717) is 37.2 Å². The molecule has 0 atom stereocenters. The van der Waals surface area contributed by atoms with Crippen molar-refractivity contribution in [3.8, 4) is 0 Å². The molecule has 1 aliphatic rings. The summed E-state index contributed by atoms with van der Waals surface area (Å²) in [7, 11) is 1.24. The topological polar surface area (TPSA) is 83.9 Å². The summed E-state index contributed by atoms with van der Waals surface area (Å²) in [6, 6.07) is 10.6. The minimum absolute atomic E-state index is 0.00380. The number of ether oxygens (including phenoxy) is 1. The van der Waals surface area contributed by atoms with Gasteiger partial charge in [0, 0.05) is 25.4 Å². The summed E-state index contributed by atoms with van der Waals surface area (Å²) in [5.74, 6) is -2.28. The van der Waals surface area contributed by atoms with Crippen molar-refractivity contribution in [3.63, 3.8) is 0 Å². The number of nitrogens with zero attached hydrogens (tertiary/aromatic N) is 1. The molecule has 7 heteroatoms. The van der Waals surface area contributed by atoms with Crippen LogP contribution in [0.25, 0.3) is 0 Å². The van der Waals surface area contributed by atoms with Crippen LogP contribution >= 0.6 is 0 Å². The molecule has 0 amide bonds. The fourth-order valence-corrected chi connectivity index (χ4v) is 3.63. The molecule has 0 bridgehead atoms. The monoisotopic (exact) mass is 399 g/mol. The molecule has 2 aromatic carbocycles. The lowest BCUT2D eigenvalue weighted by Crippen LogP contribution is -2.37. The Morgan fingerprint density at radius 3 is 2.45 bits per heavy atom. The van der Waals surface area contributed by atoms with Crippen LogP contribution < -0.4 is 4.90 Å². The smallest absolute Gasteiger partial charge is 0.339 e. The first-order valence-corrected chi connectivity index (χ1v) is 9.37. The molecule has 2 aromatic rings. The first kappa shape index (κ1) is 20.5. The number of ketones is 1. The second kappa shape index (κ2) is 8.86. The van der Waals surface area contributed by atoms with Crippen LogP contribution in [0.2, 0.25) is 0 Å². The molecule has 0 aromatic heterocycles. The van der Waals surface area contributed by atoms with E-state index in [1.54, 1.807) is 24.3 Å². The number of carbonyl (C=O) groups is 3.